The predicted octanol–water partition coefficient (Wildman–Crippen LogP) is 1.87. The van der Waals surface area contributed by atoms with Gasteiger partial charge in [-0.2, -0.15) is 0 Å². The number of nitrogens with one attached hydrogen (secondary N) is 1. The van der Waals surface area contributed by atoms with Crippen LogP contribution in [0.3, 0.4) is 0 Å². The summed E-state index contributed by atoms with van der Waals surface area (Å²) in [6.45, 7) is 2.84. The molecule has 0 bridgehead atoms. The first kappa shape index (κ1) is 19.8. The lowest BCUT2D eigenvalue weighted by Gasteiger charge is -2.34. The summed E-state index contributed by atoms with van der Waals surface area (Å²) in [5.41, 5.74) is 0.935. The van der Waals surface area contributed by atoms with E-state index in [1.54, 1.807) is 29.2 Å². The van der Waals surface area contributed by atoms with Gasteiger partial charge in [0, 0.05) is 38.1 Å². The van der Waals surface area contributed by atoms with Gasteiger partial charge in [-0.3, -0.25) is 14.5 Å². The molecule has 0 aliphatic carbocycles. The third-order valence-electron chi connectivity index (χ3n) is 5.23. The third-order valence-corrected chi connectivity index (χ3v) is 5.23. The van der Waals surface area contributed by atoms with Crippen LogP contribution in [0.2, 0.25) is 0 Å². The molecule has 0 radical (unpaired) electrons. The fraction of sp³-hybridized carbons (Fsp3) is 0.261. The highest BCUT2D eigenvalue weighted by molar-refractivity contribution is 5.96. The lowest BCUT2D eigenvalue weighted by molar-refractivity contribution is -0.122. The molecule has 7 heteroatoms. The smallest absolute Gasteiger partial charge is 0.349 e. The molecular weight excluding hydrogens is 382 g/mol. The number of fused-ring (bicyclic) bond motifs is 1. The third kappa shape index (κ3) is 4.58. The molecule has 154 valence electrons. The Labute approximate surface area is 173 Å². The van der Waals surface area contributed by atoms with Crippen molar-refractivity contribution in [2.75, 3.05) is 32.7 Å². The molecule has 1 fully saturated rings. The molecule has 1 aromatic heterocycles. The van der Waals surface area contributed by atoms with Crippen LogP contribution in [0.1, 0.15) is 15.9 Å². The highest BCUT2D eigenvalue weighted by atomic mass is 16.4. The van der Waals surface area contributed by atoms with Crippen molar-refractivity contribution in [1.29, 1.82) is 0 Å². The SMILES string of the molecule is O=C(CN1CCN(C(=O)c2cc3ccccc3oc2=O)CC1)NCc1ccccc1. The first-order chi connectivity index (χ1) is 14.6. The van der Waals surface area contributed by atoms with Crippen molar-refractivity contribution >= 4 is 22.8 Å². The molecule has 0 atom stereocenters. The maximum absolute atomic E-state index is 12.8. The van der Waals surface area contributed by atoms with Crippen molar-refractivity contribution in [3.8, 4) is 0 Å². The van der Waals surface area contributed by atoms with Crippen LogP contribution in [0.5, 0.6) is 0 Å². The Morgan fingerprint density at radius 1 is 0.933 bits per heavy atom. The van der Waals surface area contributed by atoms with Gasteiger partial charge in [0.15, 0.2) is 0 Å². The van der Waals surface area contributed by atoms with Gasteiger partial charge in [-0.05, 0) is 17.7 Å². The van der Waals surface area contributed by atoms with Crippen LogP contribution in [0.4, 0.5) is 0 Å². The quantitative estimate of drug-likeness (QED) is 0.656. The molecule has 1 N–H and O–H groups in total. The molecule has 7 nitrogen and oxygen atoms in total. The van der Waals surface area contributed by atoms with E-state index in [2.05, 4.69) is 5.32 Å². The van der Waals surface area contributed by atoms with Crippen LogP contribution in [-0.2, 0) is 11.3 Å². The summed E-state index contributed by atoms with van der Waals surface area (Å²) in [5, 5.41) is 3.63. The minimum absolute atomic E-state index is 0.0442. The van der Waals surface area contributed by atoms with Crippen molar-refractivity contribution in [2.45, 2.75) is 6.54 Å². The number of carbonyl (C=O) groups excluding carboxylic acids is 2. The van der Waals surface area contributed by atoms with Crippen molar-refractivity contribution in [1.82, 2.24) is 15.1 Å². The van der Waals surface area contributed by atoms with Crippen LogP contribution >= 0.6 is 0 Å². The Balaban J connectivity index is 1.31. The second-order valence-corrected chi connectivity index (χ2v) is 7.32. The van der Waals surface area contributed by atoms with Crippen molar-refractivity contribution in [3.05, 3.63) is 82.2 Å². The van der Waals surface area contributed by atoms with E-state index in [0.717, 1.165) is 5.56 Å². The molecule has 3 aromatic rings. The van der Waals surface area contributed by atoms with Crippen LogP contribution in [0.15, 0.2) is 69.9 Å². The number of rotatable bonds is 5. The summed E-state index contributed by atoms with van der Waals surface area (Å²) >= 11 is 0. The van der Waals surface area contributed by atoms with Gasteiger partial charge in [-0.25, -0.2) is 4.79 Å². The van der Waals surface area contributed by atoms with Gasteiger partial charge < -0.3 is 14.6 Å². The summed E-state index contributed by atoms with van der Waals surface area (Å²) in [6.07, 6.45) is 0. The van der Waals surface area contributed by atoms with Gasteiger partial charge in [0.1, 0.15) is 11.1 Å². The molecule has 0 unspecified atom stereocenters. The molecule has 30 heavy (non-hydrogen) atoms. The molecule has 1 aliphatic heterocycles. The van der Waals surface area contributed by atoms with Crippen molar-refractivity contribution in [2.24, 2.45) is 0 Å². The summed E-state index contributed by atoms with van der Waals surface area (Å²) in [6, 6.07) is 18.5. The molecule has 0 spiro atoms. The zero-order valence-electron chi connectivity index (χ0n) is 16.5. The largest absolute Gasteiger partial charge is 0.422 e. The number of benzene rings is 2. The van der Waals surface area contributed by atoms with Crippen LogP contribution in [-0.4, -0.2) is 54.3 Å². The number of hydrogen-bond donors (Lipinski definition) is 1. The highest BCUT2D eigenvalue weighted by Crippen LogP contribution is 2.14. The van der Waals surface area contributed by atoms with Gasteiger partial charge in [0.25, 0.3) is 5.91 Å². The fourth-order valence-corrected chi connectivity index (χ4v) is 3.55. The Morgan fingerprint density at radius 3 is 2.40 bits per heavy atom. The maximum Gasteiger partial charge on any atom is 0.349 e. The van der Waals surface area contributed by atoms with E-state index in [9.17, 15) is 14.4 Å². The van der Waals surface area contributed by atoms with Gasteiger partial charge >= 0.3 is 5.63 Å². The molecule has 2 heterocycles. The van der Waals surface area contributed by atoms with Crippen LogP contribution < -0.4 is 10.9 Å². The van der Waals surface area contributed by atoms with E-state index in [1.165, 1.54) is 0 Å². The molecular formula is C23H23N3O4. The highest BCUT2D eigenvalue weighted by Gasteiger charge is 2.25. The monoisotopic (exact) mass is 405 g/mol. The molecule has 2 aromatic carbocycles. The first-order valence-electron chi connectivity index (χ1n) is 9.95. The minimum Gasteiger partial charge on any atom is -0.422 e. The van der Waals surface area contributed by atoms with Gasteiger partial charge in [-0.1, -0.05) is 48.5 Å². The molecule has 2 amide bonds. The number of piperazine rings is 1. The Morgan fingerprint density at radius 2 is 1.63 bits per heavy atom. The Hall–Kier alpha value is -3.45. The molecule has 4 rings (SSSR count). The van der Waals surface area contributed by atoms with E-state index in [4.69, 9.17) is 4.42 Å². The van der Waals surface area contributed by atoms with Gasteiger partial charge in [0.05, 0.1) is 6.54 Å². The topological polar surface area (TPSA) is 82.9 Å². The maximum atomic E-state index is 12.8. The Bertz CT molecular complexity index is 1100. The van der Waals surface area contributed by atoms with Crippen molar-refractivity contribution < 1.29 is 14.0 Å². The Kier molecular flexibility index (Phi) is 5.90. The van der Waals surface area contributed by atoms with E-state index in [0.29, 0.717) is 43.7 Å². The lowest BCUT2D eigenvalue weighted by Crippen LogP contribution is -2.51. The second kappa shape index (κ2) is 8.92. The fourth-order valence-electron chi connectivity index (χ4n) is 3.55. The number of hydrogen-bond acceptors (Lipinski definition) is 5. The second-order valence-electron chi connectivity index (χ2n) is 7.32. The minimum atomic E-state index is -0.624. The summed E-state index contributed by atoms with van der Waals surface area (Å²) in [5.74, 6) is -0.378. The van der Waals surface area contributed by atoms with Gasteiger partial charge in [-0.15, -0.1) is 0 Å². The summed E-state index contributed by atoms with van der Waals surface area (Å²) < 4.78 is 5.28. The number of amides is 2. The van der Waals surface area contributed by atoms with E-state index in [-0.39, 0.29) is 23.9 Å². The standard InChI is InChI=1S/C23H23N3O4/c27-21(24-15-17-6-2-1-3-7-17)16-25-10-12-26(13-11-25)22(28)19-14-18-8-4-5-9-20(18)30-23(19)29/h1-9,14H,10-13,15-16H2,(H,24,27). The normalized spacial score (nSPS) is 14.6. The van der Waals surface area contributed by atoms with E-state index >= 15 is 0 Å². The lowest BCUT2D eigenvalue weighted by atomic mass is 10.1. The number of para-hydroxylation sites is 1. The summed E-state index contributed by atoms with van der Waals surface area (Å²) in [4.78, 5) is 40.9. The average Bonchev–Trinajstić information content (AvgIpc) is 2.78. The van der Waals surface area contributed by atoms with E-state index < -0.39 is 5.63 Å². The number of nitrogens with zero attached hydrogens (tertiary/aromatic N) is 2. The molecule has 0 saturated carbocycles. The van der Waals surface area contributed by atoms with E-state index in [1.807, 2.05) is 41.3 Å². The molecule has 1 saturated heterocycles. The first-order valence-corrected chi connectivity index (χ1v) is 9.95. The van der Waals surface area contributed by atoms with Gasteiger partial charge in [0.2, 0.25) is 5.91 Å². The predicted molar refractivity (Wildman–Crippen MR) is 113 cm³/mol. The van der Waals surface area contributed by atoms with Crippen molar-refractivity contribution in [3.63, 3.8) is 0 Å². The zero-order valence-corrected chi connectivity index (χ0v) is 16.5. The van der Waals surface area contributed by atoms with Crippen LogP contribution in [0.25, 0.3) is 11.0 Å². The molecule has 1 aliphatic rings. The number of carbonyl (C=O) groups is 2. The van der Waals surface area contributed by atoms with Crippen LogP contribution in [0, 0.1) is 0 Å². The summed E-state index contributed by atoms with van der Waals surface area (Å²) in [7, 11) is 0. The zero-order chi connectivity index (χ0) is 20.9. The average molecular weight is 405 g/mol.